The number of hydrogen-bond donors (Lipinski definition) is 0. The molecule has 0 amide bonds. The Morgan fingerprint density at radius 3 is 1.95 bits per heavy atom. The lowest BCUT2D eigenvalue weighted by Crippen LogP contribution is -2.59. The highest BCUT2D eigenvalue weighted by Gasteiger charge is 2.58. The van der Waals surface area contributed by atoms with Crippen LogP contribution in [-0.2, 0) is 9.53 Å². The fourth-order valence-electron chi connectivity index (χ4n) is 5.34. The second kappa shape index (κ2) is 4.86. The zero-order valence-corrected chi connectivity index (χ0v) is 14.1. The first-order chi connectivity index (χ1) is 9.76. The van der Waals surface area contributed by atoms with E-state index < -0.39 is 0 Å². The van der Waals surface area contributed by atoms with E-state index in [-0.39, 0.29) is 17.0 Å². The molecule has 118 valence electrons. The van der Waals surface area contributed by atoms with E-state index >= 15 is 0 Å². The molecule has 0 heterocycles. The van der Waals surface area contributed by atoms with Crippen LogP contribution in [0.15, 0.2) is 12.2 Å². The maximum Gasteiger partial charge on any atom is 0.334 e. The van der Waals surface area contributed by atoms with Crippen LogP contribution in [0.25, 0.3) is 0 Å². The zero-order chi connectivity index (χ0) is 15.4. The molecular formula is C19H30O2. The summed E-state index contributed by atoms with van der Waals surface area (Å²) in [6, 6.07) is 0. The van der Waals surface area contributed by atoms with Crippen molar-refractivity contribution in [2.45, 2.75) is 71.8 Å². The number of ether oxygens (including phenoxy) is 1. The molecule has 0 radical (unpaired) electrons. The van der Waals surface area contributed by atoms with Crippen molar-refractivity contribution in [3.63, 3.8) is 0 Å². The molecule has 0 spiro atoms. The fraction of sp³-hybridized carbons (Fsp3) is 0.842. The lowest BCUT2D eigenvalue weighted by molar-refractivity contribution is -0.208. The third-order valence-corrected chi connectivity index (χ3v) is 6.51. The van der Waals surface area contributed by atoms with Crippen LogP contribution >= 0.6 is 0 Å². The van der Waals surface area contributed by atoms with E-state index in [0.29, 0.717) is 17.4 Å². The topological polar surface area (TPSA) is 26.3 Å². The molecule has 0 aromatic rings. The molecule has 4 rings (SSSR count). The van der Waals surface area contributed by atoms with Gasteiger partial charge < -0.3 is 4.74 Å². The van der Waals surface area contributed by atoms with Crippen LogP contribution in [0.3, 0.4) is 0 Å². The average molecular weight is 290 g/mol. The summed E-state index contributed by atoms with van der Waals surface area (Å²) in [6.45, 7) is 12.3. The van der Waals surface area contributed by atoms with Gasteiger partial charge in [0, 0.05) is 5.57 Å². The van der Waals surface area contributed by atoms with Gasteiger partial charge in [-0.2, -0.15) is 0 Å². The molecule has 0 atom stereocenters. The minimum absolute atomic E-state index is 0.156. The van der Waals surface area contributed by atoms with E-state index in [9.17, 15) is 4.79 Å². The molecule has 0 saturated heterocycles. The Labute approximate surface area is 129 Å². The average Bonchev–Trinajstić information content (AvgIpc) is 2.40. The molecule has 4 bridgehead atoms. The summed E-state index contributed by atoms with van der Waals surface area (Å²) in [5, 5.41) is 0. The summed E-state index contributed by atoms with van der Waals surface area (Å²) in [5.74, 6) is 2.83. The first kappa shape index (κ1) is 15.1. The van der Waals surface area contributed by atoms with Gasteiger partial charge in [0.15, 0.2) is 0 Å². The van der Waals surface area contributed by atoms with E-state index in [1.807, 2.05) is 20.8 Å². The highest BCUT2D eigenvalue weighted by molar-refractivity contribution is 5.89. The summed E-state index contributed by atoms with van der Waals surface area (Å²) in [4.78, 5) is 12.6. The van der Waals surface area contributed by atoms with Crippen LogP contribution in [0.2, 0.25) is 0 Å². The Hall–Kier alpha value is -0.790. The van der Waals surface area contributed by atoms with Gasteiger partial charge in [-0.15, -0.1) is 0 Å². The molecule has 0 unspecified atom stereocenters. The van der Waals surface area contributed by atoms with Crippen LogP contribution in [0.4, 0.5) is 0 Å². The SMILES string of the molecule is C=C(C(=O)OC1(CC)C2CC3CC(C2)CC1C3)C(C)(C)C. The quantitative estimate of drug-likeness (QED) is 0.554. The lowest BCUT2D eigenvalue weighted by Gasteiger charge is -2.60. The maximum absolute atomic E-state index is 12.6. The second-order valence-corrected chi connectivity index (χ2v) is 8.73. The van der Waals surface area contributed by atoms with Crippen molar-refractivity contribution < 1.29 is 9.53 Å². The van der Waals surface area contributed by atoms with Crippen molar-refractivity contribution in [2.75, 3.05) is 0 Å². The van der Waals surface area contributed by atoms with Gasteiger partial charge in [0.25, 0.3) is 0 Å². The summed E-state index contributed by atoms with van der Waals surface area (Å²) in [7, 11) is 0. The minimum Gasteiger partial charge on any atom is -0.455 e. The van der Waals surface area contributed by atoms with E-state index in [1.54, 1.807) is 0 Å². The van der Waals surface area contributed by atoms with Gasteiger partial charge in [0.1, 0.15) is 5.60 Å². The molecule has 0 N–H and O–H groups in total. The standard InChI is InChI=1S/C19H30O2/c1-6-19(21-17(20)12(2)18(3,4)5)15-8-13-7-14(10-15)11-16(19)9-13/h13-16H,2,6-11H2,1,3-5H3. The van der Waals surface area contributed by atoms with Gasteiger partial charge in [-0.1, -0.05) is 34.3 Å². The van der Waals surface area contributed by atoms with Crippen molar-refractivity contribution in [2.24, 2.45) is 29.1 Å². The van der Waals surface area contributed by atoms with Crippen molar-refractivity contribution >= 4 is 5.97 Å². The number of carbonyl (C=O) groups is 1. The molecule has 4 saturated carbocycles. The Morgan fingerprint density at radius 2 is 1.57 bits per heavy atom. The molecule has 0 aromatic carbocycles. The van der Waals surface area contributed by atoms with Gasteiger partial charge in [-0.25, -0.2) is 4.79 Å². The molecule has 4 fully saturated rings. The Morgan fingerprint density at radius 1 is 1.10 bits per heavy atom. The number of rotatable bonds is 3. The van der Waals surface area contributed by atoms with Gasteiger partial charge in [-0.3, -0.25) is 0 Å². The third-order valence-electron chi connectivity index (χ3n) is 6.51. The smallest absolute Gasteiger partial charge is 0.334 e. The highest BCUT2D eigenvalue weighted by Crippen LogP contribution is 2.60. The predicted octanol–water partition coefficient (Wildman–Crippen LogP) is 4.74. The largest absolute Gasteiger partial charge is 0.455 e. The van der Waals surface area contributed by atoms with Gasteiger partial charge >= 0.3 is 5.97 Å². The molecule has 0 aromatic heterocycles. The van der Waals surface area contributed by atoms with Crippen LogP contribution in [0.5, 0.6) is 0 Å². The second-order valence-electron chi connectivity index (χ2n) is 8.73. The van der Waals surface area contributed by atoms with Crippen molar-refractivity contribution in [3.05, 3.63) is 12.2 Å². The van der Waals surface area contributed by atoms with Crippen molar-refractivity contribution in [1.29, 1.82) is 0 Å². The molecule has 4 aliphatic rings. The zero-order valence-electron chi connectivity index (χ0n) is 14.1. The number of hydrogen-bond acceptors (Lipinski definition) is 2. The summed E-state index contributed by atoms with van der Waals surface area (Å²) >= 11 is 0. The molecule has 4 aliphatic carbocycles. The monoisotopic (exact) mass is 290 g/mol. The van der Waals surface area contributed by atoms with E-state index in [1.165, 1.54) is 32.1 Å². The van der Waals surface area contributed by atoms with Crippen LogP contribution < -0.4 is 0 Å². The highest BCUT2D eigenvalue weighted by atomic mass is 16.6. The third kappa shape index (κ3) is 2.35. The van der Waals surface area contributed by atoms with Crippen LogP contribution in [0, 0.1) is 29.1 Å². The number of esters is 1. The molecule has 0 aliphatic heterocycles. The summed E-state index contributed by atoms with van der Waals surface area (Å²) < 4.78 is 6.21. The lowest BCUT2D eigenvalue weighted by atomic mass is 9.49. The molecular weight excluding hydrogens is 260 g/mol. The predicted molar refractivity (Wildman–Crippen MR) is 84.8 cm³/mol. The normalized spacial score (nSPS) is 41.1. The Bertz CT molecular complexity index is 427. The van der Waals surface area contributed by atoms with Crippen LogP contribution in [-0.4, -0.2) is 11.6 Å². The first-order valence-corrected chi connectivity index (χ1v) is 8.69. The summed E-state index contributed by atoms with van der Waals surface area (Å²) in [5.41, 5.74) is 0.209. The Kier molecular flexibility index (Phi) is 3.50. The van der Waals surface area contributed by atoms with E-state index in [2.05, 4.69) is 13.5 Å². The summed E-state index contributed by atoms with van der Waals surface area (Å²) in [6.07, 6.45) is 7.48. The van der Waals surface area contributed by atoms with Gasteiger partial charge in [-0.05, 0) is 67.6 Å². The maximum atomic E-state index is 12.6. The fourth-order valence-corrected chi connectivity index (χ4v) is 5.34. The molecule has 2 nitrogen and oxygen atoms in total. The number of carbonyl (C=O) groups excluding carboxylic acids is 1. The molecule has 2 heteroatoms. The first-order valence-electron chi connectivity index (χ1n) is 8.69. The van der Waals surface area contributed by atoms with Crippen LogP contribution in [0.1, 0.15) is 66.2 Å². The molecule has 21 heavy (non-hydrogen) atoms. The van der Waals surface area contributed by atoms with Gasteiger partial charge in [0.2, 0.25) is 0 Å². The Balaban J connectivity index is 1.82. The van der Waals surface area contributed by atoms with E-state index in [0.717, 1.165) is 18.3 Å². The van der Waals surface area contributed by atoms with E-state index in [4.69, 9.17) is 4.74 Å². The minimum atomic E-state index is -0.210. The van der Waals surface area contributed by atoms with Crippen molar-refractivity contribution in [1.82, 2.24) is 0 Å². The van der Waals surface area contributed by atoms with Gasteiger partial charge in [0.05, 0.1) is 0 Å². The van der Waals surface area contributed by atoms with Crippen molar-refractivity contribution in [3.8, 4) is 0 Å².